The molecule has 3 rings (SSSR count). The lowest BCUT2D eigenvalue weighted by atomic mass is 10.0. The zero-order chi connectivity index (χ0) is 14.1. The average molecular weight is 294 g/mol. The first kappa shape index (κ1) is 12.9. The molecule has 1 unspecified atom stereocenters. The first-order chi connectivity index (χ1) is 9.63. The van der Waals surface area contributed by atoms with Crippen LogP contribution in [0.1, 0.15) is 0 Å². The normalized spacial score (nSPS) is 14.1. The summed E-state index contributed by atoms with van der Waals surface area (Å²) >= 11 is -2.55. The van der Waals surface area contributed by atoms with Crippen molar-refractivity contribution in [2.45, 2.75) is 0 Å². The van der Waals surface area contributed by atoms with Crippen molar-refractivity contribution in [3.8, 4) is 22.6 Å². The van der Waals surface area contributed by atoms with Gasteiger partial charge in [0.1, 0.15) is 5.82 Å². The summed E-state index contributed by atoms with van der Waals surface area (Å²) in [7, 11) is 0. The summed E-state index contributed by atoms with van der Waals surface area (Å²) in [6, 6.07) is 9.51. The van der Waals surface area contributed by atoms with Crippen LogP contribution in [0.3, 0.4) is 0 Å². The van der Waals surface area contributed by atoms with Gasteiger partial charge in [0, 0.05) is 11.3 Å². The summed E-state index contributed by atoms with van der Waals surface area (Å²) in [5, 5.41) is 0. The lowest BCUT2D eigenvalue weighted by Gasteiger charge is -2.11. The molecule has 0 saturated heterocycles. The molecule has 0 saturated carbocycles. The Kier molecular flexibility index (Phi) is 3.29. The van der Waals surface area contributed by atoms with Crippen molar-refractivity contribution in [3.05, 3.63) is 42.2 Å². The molecule has 0 spiro atoms. The molecule has 2 aromatic rings. The minimum atomic E-state index is -2.55. The number of hydrogen-bond donors (Lipinski definition) is 1. The molecule has 20 heavy (non-hydrogen) atoms. The molecule has 0 aliphatic carbocycles. The Morgan fingerprint density at radius 3 is 2.55 bits per heavy atom. The molecular weight excluding hydrogens is 285 g/mol. The average Bonchev–Trinajstić information content (AvgIpc) is 2.87. The maximum atomic E-state index is 13.8. The molecule has 1 aliphatic heterocycles. The van der Waals surface area contributed by atoms with Gasteiger partial charge in [0.2, 0.25) is 6.79 Å². The van der Waals surface area contributed by atoms with Gasteiger partial charge in [-0.2, -0.15) is 0 Å². The summed E-state index contributed by atoms with van der Waals surface area (Å²) < 4.78 is 47.2. The molecule has 7 heteroatoms. The molecule has 0 aromatic heterocycles. The smallest absolute Gasteiger partial charge is 0.231 e. The van der Waals surface area contributed by atoms with Crippen molar-refractivity contribution in [1.82, 2.24) is 0 Å². The van der Waals surface area contributed by atoms with Gasteiger partial charge in [0.25, 0.3) is 0 Å². The third kappa shape index (κ3) is 2.45. The second-order valence-electron chi connectivity index (χ2n) is 4.10. The van der Waals surface area contributed by atoms with E-state index in [0.717, 1.165) is 5.56 Å². The fraction of sp³-hybridized carbons (Fsp3) is 0.0769. The van der Waals surface area contributed by atoms with Gasteiger partial charge in [-0.25, -0.2) is 4.39 Å². The van der Waals surface area contributed by atoms with Crippen LogP contribution in [0.5, 0.6) is 11.5 Å². The Morgan fingerprint density at radius 1 is 1.10 bits per heavy atom. The summed E-state index contributed by atoms with van der Waals surface area (Å²) in [5.41, 5.74) is 1.27. The highest BCUT2D eigenvalue weighted by molar-refractivity contribution is 7.80. The van der Waals surface area contributed by atoms with Crippen molar-refractivity contribution in [2.75, 3.05) is 11.5 Å². The van der Waals surface area contributed by atoms with Gasteiger partial charge in [0.05, 0.1) is 5.69 Å². The van der Waals surface area contributed by atoms with Gasteiger partial charge in [-0.3, -0.25) is 4.21 Å². The molecule has 2 aromatic carbocycles. The van der Waals surface area contributed by atoms with Crippen molar-refractivity contribution in [2.24, 2.45) is 0 Å². The standard InChI is InChI=1S/C13H10FNO4S/c14-10-5-8(1-3-11(10)15-20(16)17)9-2-4-12-13(6-9)19-7-18-12/h1-6,15H,7H2,(H,16,17)/p-1. The fourth-order valence-electron chi connectivity index (χ4n) is 1.94. The highest BCUT2D eigenvalue weighted by Gasteiger charge is 2.14. The molecule has 1 heterocycles. The minimum absolute atomic E-state index is 0.0946. The quantitative estimate of drug-likeness (QED) is 0.883. The molecule has 0 bridgehead atoms. The number of anilines is 1. The Hall–Kier alpha value is -2.12. The minimum Gasteiger partial charge on any atom is -0.755 e. The van der Waals surface area contributed by atoms with Gasteiger partial charge >= 0.3 is 0 Å². The Bertz CT molecular complexity index is 692. The van der Waals surface area contributed by atoms with Crippen LogP contribution in [-0.2, 0) is 11.3 Å². The topological polar surface area (TPSA) is 70.6 Å². The molecule has 0 fully saturated rings. The third-order valence-electron chi connectivity index (χ3n) is 2.87. The van der Waals surface area contributed by atoms with Gasteiger partial charge < -0.3 is 18.7 Å². The number of hydrogen-bond acceptors (Lipinski definition) is 4. The summed E-state index contributed by atoms with van der Waals surface area (Å²) in [4.78, 5) is 0. The van der Waals surface area contributed by atoms with Crippen LogP contribution >= 0.6 is 0 Å². The highest BCUT2D eigenvalue weighted by atomic mass is 32.2. The predicted octanol–water partition coefficient (Wildman–Crippen LogP) is 2.43. The molecule has 104 valence electrons. The van der Waals surface area contributed by atoms with E-state index in [-0.39, 0.29) is 12.5 Å². The van der Waals surface area contributed by atoms with Crippen LogP contribution in [0, 0.1) is 5.82 Å². The number of halogens is 1. The van der Waals surface area contributed by atoms with Gasteiger partial charge in [-0.15, -0.1) is 0 Å². The predicted molar refractivity (Wildman–Crippen MR) is 70.5 cm³/mol. The van der Waals surface area contributed by atoms with E-state index < -0.39 is 17.1 Å². The molecule has 0 amide bonds. The molecule has 1 N–H and O–H groups in total. The van der Waals surface area contributed by atoms with E-state index in [1.54, 1.807) is 24.3 Å². The Morgan fingerprint density at radius 2 is 1.80 bits per heavy atom. The number of rotatable bonds is 3. The van der Waals surface area contributed by atoms with Crippen LogP contribution in [0.15, 0.2) is 36.4 Å². The molecule has 0 radical (unpaired) electrons. The third-order valence-corrected chi connectivity index (χ3v) is 3.25. The van der Waals surface area contributed by atoms with Crippen LogP contribution < -0.4 is 14.2 Å². The van der Waals surface area contributed by atoms with Gasteiger partial charge in [0.15, 0.2) is 11.5 Å². The van der Waals surface area contributed by atoms with Crippen LogP contribution in [0.4, 0.5) is 10.1 Å². The SMILES string of the molecule is O=S([O-])Nc1ccc(-c2ccc3c(c2)OCO3)cc1F. The Balaban J connectivity index is 1.94. The van der Waals surface area contributed by atoms with Crippen LogP contribution in [0.2, 0.25) is 0 Å². The molecule has 1 atom stereocenters. The number of ether oxygens (including phenoxy) is 2. The highest BCUT2D eigenvalue weighted by Crippen LogP contribution is 2.36. The number of benzene rings is 2. The van der Waals surface area contributed by atoms with Gasteiger partial charge in [-0.1, -0.05) is 12.1 Å². The second-order valence-corrected chi connectivity index (χ2v) is 4.77. The van der Waals surface area contributed by atoms with E-state index in [1.807, 2.05) is 4.72 Å². The summed E-state index contributed by atoms with van der Waals surface area (Å²) in [6.07, 6.45) is 0. The van der Waals surface area contributed by atoms with E-state index in [1.165, 1.54) is 12.1 Å². The van der Waals surface area contributed by atoms with E-state index in [4.69, 9.17) is 9.47 Å². The second kappa shape index (κ2) is 5.10. The molecular formula is C13H9FNO4S-. The van der Waals surface area contributed by atoms with Crippen molar-refractivity contribution in [1.29, 1.82) is 0 Å². The van der Waals surface area contributed by atoms with E-state index >= 15 is 0 Å². The van der Waals surface area contributed by atoms with Crippen LogP contribution in [0.25, 0.3) is 11.1 Å². The number of fused-ring (bicyclic) bond motifs is 1. The van der Waals surface area contributed by atoms with E-state index in [9.17, 15) is 13.2 Å². The number of nitrogens with one attached hydrogen (secondary N) is 1. The summed E-state index contributed by atoms with van der Waals surface area (Å²) in [6.45, 7) is 0.172. The zero-order valence-corrected chi connectivity index (χ0v) is 10.9. The molecule has 1 aliphatic rings. The van der Waals surface area contributed by atoms with Gasteiger partial charge in [-0.05, 0) is 35.4 Å². The largest absolute Gasteiger partial charge is 0.755 e. The zero-order valence-electron chi connectivity index (χ0n) is 10.1. The lowest BCUT2D eigenvalue weighted by Crippen LogP contribution is -2.04. The first-order valence-corrected chi connectivity index (χ1v) is 6.76. The van der Waals surface area contributed by atoms with Crippen molar-refractivity contribution < 1.29 is 22.6 Å². The maximum Gasteiger partial charge on any atom is 0.231 e. The monoisotopic (exact) mass is 294 g/mol. The lowest BCUT2D eigenvalue weighted by molar-refractivity contribution is 0.174. The fourth-order valence-corrected chi connectivity index (χ4v) is 2.29. The van der Waals surface area contributed by atoms with E-state index in [2.05, 4.69) is 0 Å². The van der Waals surface area contributed by atoms with E-state index in [0.29, 0.717) is 17.1 Å². The molecule has 5 nitrogen and oxygen atoms in total. The summed E-state index contributed by atoms with van der Waals surface area (Å²) in [5.74, 6) is 0.601. The maximum absolute atomic E-state index is 13.8. The van der Waals surface area contributed by atoms with Crippen LogP contribution in [-0.4, -0.2) is 15.6 Å². The van der Waals surface area contributed by atoms with Crippen molar-refractivity contribution >= 4 is 17.0 Å². The first-order valence-electron chi connectivity index (χ1n) is 5.69. The Labute approximate surface area is 116 Å². The van der Waals surface area contributed by atoms with Crippen molar-refractivity contribution in [3.63, 3.8) is 0 Å².